The molecule has 1 nitrogen and oxygen atoms in total. The molecule has 33 radical (unpaired) electrons. The fraction of sp³-hybridized carbons (Fsp3) is 0.571. The van der Waals surface area contributed by atoms with Gasteiger partial charge in [0.15, 0.2) is 6.60 Å². The summed E-state index contributed by atoms with van der Waals surface area (Å²) in [6, 6.07) is 0. The zero-order valence-electron chi connectivity index (χ0n) is 26.3. The van der Waals surface area contributed by atoms with E-state index in [-0.39, 0.29) is 18.8 Å². The third-order valence-corrected chi connectivity index (χ3v) is 7.83. The Bertz CT molecular complexity index is 940. The molecule has 45 heavy (non-hydrogen) atoms. The molecule has 0 saturated carbocycles. The Kier molecular flexibility index (Phi) is 25.0. The lowest BCUT2D eigenvalue weighted by Gasteiger charge is -2.30. The second-order valence-corrected chi connectivity index (χ2v) is 11.4. The third kappa shape index (κ3) is 16.7. The number of hydrogen-bond acceptors (Lipinski definition) is 1. The van der Waals surface area contributed by atoms with Crippen molar-refractivity contribution in [3.8, 4) is 35.1 Å². The van der Waals surface area contributed by atoms with Crippen LogP contribution in [-0.2, 0) is 0 Å². The summed E-state index contributed by atoms with van der Waals surface area (Å²) in [7, 11) is 92.0. The van der Waals surface area contributed by atoms with Gasteiger partial charge in [0.1, 0.15) is 19.5 Å². The summed E-state index contributed by atoms with van der Waals surface area (Å²) >= 11 is 0. The molecule has 0 aromatic rings. The van der Waals surface area contributed by atoms with Gasteiger partial charge in [-0.3, -0.25) is 0 Å². The van der Waals surface area contributed by atoms with Crippen molar-refractivity contribution in [2.45, 2.75) is 38.6 Å². The highest BCUT2D eigenvalue weighted by molar-refractivity contribution is 7.97. The normalized spacial score (nSPS) is 10.7. The van der Waals surface area contributed by atoms with E-state index in [0.717, 1.165) is 0 Å². The van der Waals surface area contributed by atoms with E-state index in [4.69, 9.17) is 116 Å². The molecule has 31 heteroatoms. The van der Waals surface area contributed by atoms with Gasteiger partial charge >= 0.3 is 0 Å². The molecule has 0 rings (SSSR count). The van der Waals surface area contributed by atoms with E-state index in [1.54, 1.807) is 0 Å². The lowest BCUT2D eigenvalue weighted by atomic mass is 8.60. The largest absolute Gasteiger partial charge is 0.393 e. The lowest BCUT2D eigenvalue weighted by Crippen LogP contribution is -2.61. The summed E-state index contributed by atoms with van der Waals surface area (Å²) < 4.78 is 0. The van der Waals surface area contributed by atoms with Gasteiger partial charge < -0.3 is 5.11 Å². The van der Waals surface area contributed by atoms with E-state index < -0.39 is 89.2 Å². The van der Waals surface area contributed by atoms with Crippen molar-refractivity contribution in [3.63, 3.8) is 0 Å². The van der Waals surface area contributed by atoms with Crippen molar-refractivity contribution in [2.24, 2.45) is 11.8 Å². The SMILES string of the molecule is [B][B]B(C#CB(CC(CC)C(O)C(CC#CB(B([B])[B])B([B][B])B([B])[B])CC#CB(B([B])[B])B([B][B])B([B])[B])B([B])[B])B([B])[B]. The second-order valence-electron chi connectivity index (χ2n) is 11.4. The van der Waals surface area contributed by atoms with Gasteiger partial charge in [0.25, 0.3) is 0 Å². The zero-order chi connectivity index (χ0) is 34.9. The Labute approximate surface area is 303 Å². The molecule has 0 bridgehead atoms. The van der Waals surface area contributed by atoms with Crippen LogP contribution in [0.5, 0.6) is 0 Å². The van der Waals surface area contributed by atoms with Crippen LogP contribution in [0.3, 0.4) is 0 Å². The van der Waals surface area contributed by atoms with Crippen LogP contribution in [0.2, 0.25) is 6.32 Å². The molecule has 0 fully saturated rings. The predicted molar refractivity (Wildman–Crippen MR) is 233 cm³/mol. The first kappa shape index (κ1) is 45.6. The number of rotatable bonds is 18. The van der Waals surface area contributed by atoms with Gasteiger partial charge in [0.2, 0.25) is 0 Å². The smallest absolute Gasteiger partial charge is 0.178 e. The van der Waals surface area contributed by atoms with Crippen LogP contribution in [0.1, 0.15) is 26.2 Å². The average molecular weight is 524 g/mol. The van der Waals surface area contributed by atoms with Crippen molar-refractivity contribution < 1.29 is 5.11 Å². The van der Waals surface area contributed by atoms with E-state index in [9.17, 15) is 5.11 Å². The molecule has 0 aliphatic carbocycles. The topological polar surface area (TPSA) is 20.2 Å². The van der Waals surface area contributed by atoms with E-state index in [0.29, 0.717) is 12.7 Å². The highest BCUT2D eigenvalue weighted by Crippen LogP contribution is 2.26. The minimum atomic E-state index is -0.910. The third-order valence-electron chi connectivity index (χ3n) is 7.83. The van der Waals surface area contributed by atoms with E-state index in [1.165, 1.54) is 21.2 Å². The molecule has 2 unspecified atom stereocenters. The molecule has 0 heterocycles. The Hall–Kier alpha value is 0.588. The maximum Gasteiger partial charge on any atom is 0.178 e. The van der Waals surface area contributed by atoms with Crippen molar-refractivity contribution in [1.29, 1.82) is 0 Å². The fourth-order valence-electron chi connectivity index (χ4n) is 4.85. The van der Waals surface area contributed by atoms with Gasteiger partial charge in [-0.1, -0.05) is 19.7 Å². The Morgan fingerprint density at radius 2 is 1.00 bits per heavy atom. The molecule has 167 valence electrons. The van der Waals surface area contributed by atoms with Crippen LogP contribution in [0.15, 0.2) is 0 Å². The zero-order valence-corrected chi connectivity index (χ0v) is 26.3. The summed E-state index contributed by atoms with van der Waals surface area (Å²) in [6.07, 6.45) is -5.71. The summed E-state index contributed by atoms with van der Waals surface area (Å²) in [5, 5.41) is 11.7. The fourth-order valence-corrected chi connectivity index (χ4v) is 4.85. The number of aliphatic hydroxyl groups is 1. The molecule has 0 saturated heterocycles. The molecule has 2 atom stereocenters. The first-order valence-electron chi connectivity index (χ1n) is 15.0. The maximum atomic E-state index is 11.7. The molecule has 0 aliphatic heterocycles. The van der Waals surface area contributed by atoms with E-state index >= 15 is 0 Å². The second kappa shape index (κ2) is 24.7. The van der Waals surface area contributed by atoms with Crippen molar-refractivity contribution in [2.75, 3.05) is 0 Å². The van der Waals surface area contributed by atoms with Gasteiger partial charge in [-0.15, -0.1) is 11.8 Å². The molecule has 0 spiro atoms. The summed E-state index contributed by atoms with van der Waals surface area (Å²) in [4.78, 5) is 0. The van der Waals surface area contributed by atoms with Gasteiger partial charge in [0.05, 0.1) is 6.10 Å². The number of aliphatic hydroxyl groups excluding tert-OH is 1. The lowest BCUT2D eigenvalue weighted by molar-refractivity contribution is 0.0595. The van der Waals surface area contributed by atoms with Gasteiger partial charge in [0, 0.05) is 207 Å². The predicted octanol–water partition coefficient (Wildman–Crippen LogP) is -9.66. The van der Waals surface area contributed by atoms with Crippen molar-refractivity contribution >= 4 is 214 Å². The monoisotopic (exact) mass is 529 g/mol. The molecular weight excluding hydrogens is 509 g/mol. The number of hydrogen-bond donors (Lipinski definition) is 1. The van der Waals surface area contributed by atoms with Crippen LogP contribution in [0.4, 0.5) is 0 Å². The standard InChI is InChI=1S/C14H15B30O/c1-2-12(11-33(37(18)19)9-10-34(30-15)38(20)21)14(45)13(5-3-7-35(39(22)23)43(31-16)41(26)27)6-4-8-36(40(24)25)44(32-17)42(28)29/h12-14,45H,2,5-6,11H2,1H3. The Balaban J connectivity index is 6.50. The van der Waals surface area contributed by atoms with Crippen LogP contribution < -0.4 is 0 Å². The van der Waals surface area contributed by atoms with E-state index in [2.05, 4.69) is 35.1 Å². The highest BCUT2D eigenvalue weighted by Gasteiger charge is 2.33. The van der Waals surface area contributed by atoms with Crippen molar-refractivity contribution in [3.05, 3.63) is 0 Å². The molecule has 0 amide bonds. The molecule has 0 aromatic heterocycles. The minimum absolute atomic E-state index is 0.201. The molecule has 0 aliphatic rings. The van der Waals surface area contributed by atoms with Crippen LogP contribution in [-0.4, -0.2) is 226 Å². The van der Waals surface area contributed by atoms with Crippen LogP contribution in [0, 0.1) is 47.0 Å². The van der Waals surface area contributed by atoms with Gasteiger partial charge in [-0.2, -0.15) is 23.3 Å². The van der Waals surface area contributed by atoms with Gasteiger partial charge in [-0.25, -0.2) is 0 Å². The molecule has 1 N–H and O–H groups in total. The Morgan fingerprint density at radius 1 is 0.556 bits per heavy atom. The highest BCUT2D eigenvalue weighted by atomic mass is 16.3. The minimum Gasteiger partial charge on any atom is -0.393 e. The Morgan fingerprint density at radius 3 is 1.29 bits per heavy atom. The molecular formula is C14H15B30O. The van der Waals surface area contributed by atoms with Gasteiger partial charge in [-0.05, 0) is 5.92 Å². The molecule has 0 aromatic carbocycles. The van der Waals surface area contributed by atoms with Crippen LogP contribution in [0.25, 0.3) is 0 Å². The van der Waals surface area contributed by atoms with Crippen molar-refractivity contribution in [1.82, 2.24) is 0 Å². The first-order valence-corrected chi connectivity index (χ1v) is 15.0. The average Bonchev–Trinajstić information content (AvgIpc) is 2.95. The maximum absolute atomic E-state index is 11.7. The quantitative estimate of drug-likeness (QED) is 0.140. The summed E-state index contributed by atoms with van der Waals surface area (Å²) in [5.74, 6) is 17.4. The first-order chi connectivity index (χ1) is 21.1. The van der Waals surface area contributed by atoms with E-state index in [1.807, 2.05) is 6.92 Å². The summed E-state index contributed by atoms with van der Waals surface area (Å²) in [5.41, 5.74) is 0. The summed E-state index contributed by atoms with van der Waals surface area (Å²) in [6.45, 7) is -0.401. The van der Waals surface area contributed by atoms with Crippen LogP contribution >= 0.6 is 0 Å².